The number of imidazole rings is 2. The van der Waals surface area contributed by atoms with Crippen molar-refractivity contribution < 1.29 is 9.53 Å². The molecule has 2 saturated heterocycles. The van der Waals surface area contributed by atoms with Crippen molar-refractivity contribution in [2.45, 2.75) is 44.7 Å². The molecule has 2 aliphatic heterocycles. The van der Waals surface area contributed by atoms with Crippen LogP contribution in [0.15, 0.2) is 33.9 Å². The minimum Gasteiger partial charge on any atom is -0.450 e. The van der Waals surface area contributed by atoms with Crippen molar-refractivity contribution in [3.63, 3.8) is 0 Å². The fraction of sp³-hybridized carbons (Fsp3) is 0.581. The molecule has 2 fully saturated rings. The van der Waals surface area contributed by atoms with E-state index in [2.05, 4.69) is 15.3 Å². The Labute approximate surface area is 262 Å². The number of carbonyl (C=O) groups is 1. The number of rotatable bonds is 5. The van der Waals surface area contributed by atoms with Gasteiger partial charge in [0.25, 0.3) is 0 Å². The monoisotopic (exact) mass is 622 g/mol. The number of carbonyl (C=O) groups excluding carboxylic acids is 1. The summed E-state index contributed by atoms with van der Waals surface area (Å²) in [6.45, 7) is 5.26. The maximum absolute atomic E-state index is 12.8. The second-order valence-corrected chi connectivity index (χ2v) is 12.1. The van der Waals surface area contributed by atoms with E-state index in [1.165, 1.54) is 0 Å². The van der Waals surface area contributed by atoms with Crippen molar-refractivity contribution in [3.8, 4) is 0 Å². The van der Waals surface area contributed by atoms with Gasteiger partial charge in [0, 0.05) is 67.5 Å². The third-order valence-electron chi connectivity index (χ3n) is 8.79. The number of anilines is 2. The second kappa shape index (κ2) is 13.3. The summed E-state index contributed by atoms with van der Waals surface area (Å²) in [7, 11) is 11.4. The first-order chi connectivity index (χ1) is 21.5. The van der Waals surface area contributed by atoms with Crippen molar-refractivity contribution >= 4 is 40.1 Å². The number of pyridine rings is 2. The number of likely N-dealkylation sites (tertiary alicyclic amines) is 1. The molecule has 244 valence electrons. The van der Waals surface area contributed by atoms with Gasteiger partial charge < -0.3 is 24.8 Å². The average molecular weight is 623 g/mol. The second-order valence-electron chi connectivity index (χ2n) is 12.1. The van der Waals surface area contributed by atoms with Gasteiger partial charge in [-0.1, -0.05) is 0 Å². The molecule has 1 amide bonds. The molecule has 0 aromatic carbocycles. The number of aryl methyl sites for hydroxylation is 2. The number of fused-ring (bicyclic) bond motifs is 2. The largest absolute Gasteiger partial charge is 0.450 e. The lowest BCUT2D eigenvalue weighted by Crippen LogP contribution is -2.41. The maximum atomic E-state index is 12.8. The molecule has 45 heavy (non-hydrogen) atoms. The van der Waals surface area contributed by atoms with Crippen molar-refractivity contribution in [2.75, 3.05) is 70.8 Å². The Morgan fingerprint density at radius 2 is 1.24 bits per heavy atom. The Morgan fingerprint density at radius 3 is 1.67 bits per heavy atom. The lowest BCUT2D eigenvalue weighted by Gasteiger charge is -2.31. The molecular formula is C31H46N10O4. The van der Waals surface area contributed by atoms with Crippen LogP contribution in [0.1, 0.15) is 44.7 Å². The lowest BCUT2D eigenvalue weighted by atomic mass is 10.1. The Hall–Kier alpha value is -4.33. The van der Waals surface area contributed by atoms with Gasteiger partial charge in [0.05, 0.1) is 17.6 Å². The number of aromatic nitrogens is 6. The number of nitrogens with one attached hydrogen (secondary N) is 1. The van der Waals surface area contributed by atoms with E-state index in [0.29, 0.717) is 38.2 Å². The van der Waals surface area contributed by atoms with Gasteiger partial charge in [-0.3, -0.25) is 18.3 Å². The highest BCUT2D eigenvalue weighted by molar-refractivity contribution is 5.75. The van der Waals surface area contributed by atoms with Crippen LogP contribution < -0.4 is 26.5 Å². The number of piperidine rings is 2. The first-order valence-electron chi connectivity index (χ1n) is 15.7. The van der Waals surface area contributed by atoms with E-state index < -0.39 is 0 Å². The maximum Gasteiger partial charge on any atom is 0.409 e. The summed E-state index contributed by atoms with van der Waals surface area (Å²) in [5.41, 5.74) is 3.20. The Morgan fingerprint density at radius 1 is 0.800 bits per heavy atom. The van der Waals surface area contributed by atoms with E-state index in [-0.39, 0.29) is 29.6 Å². The van der Waals surface area contributed by atoms with Crippen LogP contribution in [0.3, 0.4) is 0 Å². The van der Waals surface area contributed by atoms with Gasteiger partial charge in [-0.05, 0) is 70.0 Å². The quantitative estimate of drug-likeness (QED) is 0.357. The smallest absolute Gasteiger partial charge is 0.409 e. The van der Waals surface area contributed by atoms with Crippen LogP contribution in [0, 0.1) is 0 Å². The number of hydrogen-bond acceptors (Lipinski definition) is 9. The number of hydrogen-bond donors (Lipinski definition) is 1. The molecule has 14 heteroatoms. The molecular weight excluding hydrogens is 576 g/mol. The molecule has 6 rings (SSSR count). The average Bonchev–Trinajstić information content (AvgIpc) is 3.45. The molecule has 0 aliphatic carbocycles. The van der Waals surface area contributed by atoms with E-state index in [9.17, 15) is 14.4 Å². The summed E-state index contributed by atoms with van der Waals surface area (Å²) >= 11 is 0. The van der Waals surface area contributed by atoms with E-state index in [4.69, 9.17) is 4.74 Å². The highest BCUT2D eigenvalue weighted by Crippen LogP contribution is 2.27. The zero-order valence-electron chi connectivity index (χ0n) is 27.5. The molecule has 4 aromatic heterocycles. The standard InChI is InChI=1S/C17H25N5O3.C14H21N5O/c1-5-25-17(24)21-10-8-12(9-11-21)22-15-13(20(4)16(22)23)6-7-14(18-15)19(2)3;1-17(2)12-5-4-11-13(16-12)19(14(20)18(11)3)10-6-8-15-9-7-10/h6-7,12H,5,8-11H2,1-4H3;4-5,10,15H,6-9H2,1-3H3. The van der Waals surface area contributed by atoms with E-state index in [0.717, 1.165) is 54.2 Å². The van der Waals surface area contributed by atoms with Gasteiger partial charge in [-0.25, -0.2) is 24.4 Å². The van der Waals surface area contributed by atoms with Gasteiger partial charge in [0.1, 0.15) is 11.6 Å². The molecule has 0 saturated carbocycles. The minimum atomic E-state index is -0.278. The van der Waals surface area contributed by atoms with Crippen LogP contribution in [0.5, 0.6) is 0 Å². The van der Waals surface area contributed by atoms with E-state index >= 15 is 0 Å². The fourth-order valence-corrected chi connectivity index (χ4v) is 6.19. The summed E-state index contributed by atoms with van der Waals surface area (Å²) in [4.78, 5) is 52.1. The summed E-state index contributed by atoms with van der Waals surface area (Å²) in [5.74, 6) is 1.70. The number of amides is 1. The number of ether oxygens (including phenoxy) is 1. The zero-order valence-corrected chi connectivity index (χ0v) is 27.5. The molecule has 0 radical (unpaired) electrons. The van der Waals surface area contributed by atoms with Crippen molar-refractivity contribution in [3.05, 3.63) is 45.2 Å². The first kappa shape index (κ1) is 32.1. The number of nitrogens with zero attached hydrogens (tertiary/aromatic N) is 9. The predicted octanol–water partition coefficient (Wildman–Crippen LogP) is 2.32. The van der Waals surface area contributed by atoms with Crippen LogP contribution in [-0.4, -0.2) is 100 Å². The predicted molar refractivity (Wildman–Crippen MR) is 177 cm³/mol. The van der Waals surface area contributed by atoms with Gasteiger partial charge in [-0.15, -0.1) is 0 Å². The van der Waals surface area contributed by atoms with Crippen LogP contribution in [-0.2, 0) is 18.8 Å². The van der Waals surface area contributed by atoms with Crippen LogP contribution >= 0.6 is 0 Å². The fourth-order valence-electron chi connectivity index (χ4n) is 6.19. The molecule has 0 bridgehead atoms. The molecule has 4 aromatic rings. The van der Waals surface area contributed by atoms with Crippen LogP contribution in [0.4, 0.5) is 16.4 Å². The molecule has 2 aliphatic rings. The first-order valence-corrected chi connectivity index (χ1v) is 15.7. The zero-order chi connectivity index (χ0) is 32.4. The van der Waals surface area contributed by atoms with Gasteiger partial charge in [-0.2, -0.15) is 0 Å². The third kappa shape index (κ3) is 6.28. The van der Waals surface area contributed by atoms with Gasteiger partial charge in [0.15, 0.2) is 11.3 Å². The lowest BCUT2D eigenvalue weighted by molar-refractivity contribution is 0.0926. The summed E-state index contributed by atoms with van der Waals surface area (Å²) in [6.07, 6.45) is 3.11. The van der Waals surface area contributed by atoms with Crippen molar-refractivity contribution in [1.29, 1.82) is 0 Å². The molecule has 0 unspecified atom stereocenters. The topological polar surface area (TPSA) is 128 Å². The highest BCUT2D eigenvalue weighted by atomic mass is 16.6. The summed E-state index contributed by atoms with van der Waals surface area (Å²) < 4.78 is 12.1. The van der Waals surface area contributed by atoms with Crippen LogP contribution in [0.25, 0.3) is 22.3 Å². The third-order valence-corrected chi connectivity index (χ3v) is 8.79. The molecule has 0 spiro atoms. The normalized spacial score (nSPS) is 16.1. The molecule has 6 heterocycles. The van der Waals surface area contributed by atoms with Crippen molar-refractivity contribution in [2.24, 2.45) is 14.1 Å². The highest BCUT2D eigenvalue weighted by Gasteiger charge is 2.28. The van der Waals surface area contributed by atoms with Gasteiger partial charge >= 0.3 is 17.5 Å². The molecule has 0 atom stereocenters. The van der Waals surface area contributed by atoms with E-state index in [1.54, 1.807) is 32.6 Å². The molecule has 14 nitrogen and oxygen atoms in total. The minimum absolute atomic E-state index is 0.0341. The van der Waals surface area contributed by atoms with Crippen molar-refractivity contribution in [1.82, 2.24) is 38.5 Å². The summed E-state index contributed by atoms with van der Waals surface area (Å²) in [5, 5.41) is 3.34. The summed E-state index contributed by atoms with van der Waals surface area (Å²) in [6, 6.07) is 8.06. The Balaban J connectivity index is 0.000000182. The van der Waals surface area contributed by atoms with Crippen LogP contribution in [0.2, 0.25) is 0 Å². The Bertz CT molecular complexity index is 1770. The Kier molecular flexibility index (Phi) is 9.51. The molecule has 1 N–H and O–H groups in total. The van der Waals surface area contributed by atoms with E-state index in [1.807, 2.05) is 73.9 Å². The SMILES string of the molecule is CCOC(=O)N1CCC(n2c(=O)n(C)c3ccc(N(C)C)nc32)CC1.CN(C)c1ccc2c(n1)n(C1CCNCC1)c(=O)n2C. The van der Waals surface area contributed by atoms with Gasteiger partial charge in [0.2, 0.25) is 0 Å².